The quantitative estimate of drug-likeness (QED) is 0.615. The van der Waals surface area contributed by atoms with Gasteiger partial charge in [0, 0.05) is 13.2 Å². The SMILES string of the molecule is CCC[C@H](NC(=O)NCC(C)(C)OCC)C(=O)O. The highest BCUT2D eigenvalue weighted by Gasteiger charge is 2.21. The largest absolute Gasteiger partial charge is 0.480 e. The summed E-state index contributed by atoms with van der Waals surface area (Å²) in [7, 11) is 0. The average molecular weight is 260 g/mol. The molecule has 0 aromatic heterocycles. The van der Waals surface area contributed by atoms with Crippen LogP contribution in [-0.4, -0.2) is 41.9 Å². The lowest BCUT2D eigenvalue weighted by atomic mass is 10.1. The highest BCUT2D eigenvalue weighted by Crippen LogP contribution is 2.06. The smallest absolute Gasteiger partial charge is 0.326 e. The molecule has 3 N–H and O–H groups in total. The molecule has 0 radical (unpaired) electrons. The van der Waals surface area contributed by atoms with Gasteiger partial charge in [0.1, 0.15) is 6.04 Å². The molecule has 0 heterocycles. The van der Waals surface area contributed by atoms with Gasteiger partial charge in [-0.3, -0.25) is 0 Å². The Labute approximate surface area is 108 Å². The second-order valence-electron chi connectivity index (χ2n) is 4.70. The summed E-state index contributed by atoms with van der Waals surface area (Å²) in [6.45, 7) is 8.35. The van der Waals surface area contributed by atoms with E-state index in [-0.39, 0.29) is 0 Å². The second kappa shape index (κ2) is 7.92. The van der Waals surface area contributed by atoms with E-state index in [1.165, 1.54) is 0 Å². The second-order valence-corrected chi connectivity index (χ2v) is 4.70. The first kappa shape index (κ1) is 16.7. The third kappa shape index (κ3) is 7.11. The fourth-order valence-corrected chi connectivity index (χ4v) is 1.49. The topological polar surface area (TPSA) is 87.7 Å². The van der Waals surface area contributed by atoms with Crippen LogP contribution in [0.3, 0.4) is 0 Å². The minimum absolute atomic E-state index is 0.325. The Bertz CT molecular complexity index is 279. The maximum Gasteiger partial charge on any atom is 0.326 e. The minimum atomic E-state index is -1.02. The van der Waals surface area contributed by atoms with E-state index in [0.717, 1.165) is 0 Å². The molecule has 106 valence electrons. The molecule has 1 atom stereocenters. The van der Waals surface area contributed by atoms with Crippen LogP contribution in [0, 0.1) is 0 Å². The summed E-state index contributed by atoms with van der Waals surface area (Å²) in [5.74, 6) is -1.02. The first-order valence-electron chi connectivity index (χ1n) is 6.23. The first-order chi connectivity index (χ1) is 8.32. The molecule has 6 heteroatoms. The standard InChI is InChI=1S/C12H24N2O4/c1-5-7-9(10(15)16)14-11(17)13-8-12(3,4)18-6-2/h9H,5-8H2,1-4H3,(H,15,16)(H2,13,14,17)/t9-/m0/s1. The van der Waals surface area contributed by atoms with Gasteiger partial charge in [-0.25, -0.2) is 9.59 Å². The van der Waals surface area contributed by atoms with Gasteiger partial charge in [-0.2, -0.15) is 0 Å². The lowest BCUT2D eigenvalue weighted by Gasteiger charge is -2.25. The van der Waals surface area contributed by atoms with Gasteiger partial charge in [0.25, 0.3) is 0 Å². The van der Waals surface area contributed by atoms with Crippen molar-refractivity contribution in [2.75, 3.05) is 13.2 Å². The summed E-state index contributed by atoms with van der Waals surface area (Å²) in [6, 6.07) is -1.33. The first-order valence-corrected chi connectivity index (χ1v) is 6.23. The van der Waals surface area contributed by atoms with Crippen molar-refractivity contribution in [3.63, 3.8) is 0 Å². The van der Waals surface area contributed by atoms with Gasteiger partial charge in [-0.15, -0.1) is 0 Å². The van der Waals surface area contributed by atoms with Crippen LogP contribution in [0.2, 0.25) is 0 Å². The van der Waals surface area contributed by atoms with E-state index in [0.29, 0.717) is 26.0 Å². The Morgan fingerprint density at radius 3 is 2.39 bits per heavy atom. The molecule has 0 aliphatic rings. The number of rotatable bonds is 8. The van der Waals surface area contributed by atoms with Gasteiger partial charge < -0.3 is 20.5 Å². The number of aliphatic carboxylic acids is 1. The van der Waals surface area contributed by atoms with E-state index in [4.69, 9.17) is 9.84 Å². The van der Waals surface area contributed by atoms with Crippen LogP contribution >= 0.6 is 0 Å². The Morgan fingerprint density at radius 2 is 1.94 bits per heavy atom. The Morgan fingerprint density at radius 1 is 1.33 bits per heavy atom. The molecule has 0 unspecified atom stereocenters. The number of carbonyl (C=O) groups is 2. The van der Waals surface area contributed by atoms with Crippen LogP contribution < -0.4 is 10.6 Å². The molecule has 0 spiro atoms. The van der Waals surface area contributed by atoms with E-state index in [1.54, 1.807) is 0 Å². The van der Waals surface area contributed by atoms with Crippen LogP contribution in [0.25, 0.3) is 0 Å². The summed E-state index contributed by atoms with van der Waals surface area (Å²) in [5, 5.41) is 13.9. The number of hydrogen-bond acceptors (Lipinski definition) is 3. The lowest BCUT2D eigenvalue weighted by molar-refractivity contribution is -0.139. The zero-order valence-corrected chi connectivity index (χ0v) is 11.6. The molecule has 0 saturated heterocycles. The number of ether oxygens (including phenoxy) is 1. The number of nitrogens with one attached hydrogen (secondary N) is 2. The molecule has 0 aromatic rings. The Balaban J connectivity index is 4.13. The fraction of sp³-hybridized carbons (Fsp3) is 0.833. The number of amides is 2. The minimum Gasteiger partial charge on any atom is -0.480 e. The summed E-state index contributed by atoms with van der Waals surface area (Å²) < 4.78 is 5.42. The van der Waals surface area contributed by atoms with Crippen molar-refractivity contribution in [1.29, 1.82) is 0 Å². The fourth-order valence-electron chi connectivity index (χ4n) is 1.49. The number of carboxylic acid groups (broad SMARTS) is 1. The monoisotopic (exact) mass is 260 g/mol. The van der Waals surface area contributed by atoms with Crippen molar-refractivity contribution in [3.8, 4) is 0 Å². The number of carboxylic acids is 1. The third-order valence-corrected chi connectivity index (χ3v) is 2.39. The molecular weight excluding hydrogens is 236 g/mol. The predicted octanol–water partition coefficient (Wildman–Crippen LogP) is 1.35. The van der Waals surface area contributed by atoms with Gasteiger partial charge in [0.05, 0.1) is 5.60 Å². The molecule has 18 heavy (non-hydrogen) atoms. The van der Waals surface area contributed by atoms with Crippen LogP contribution in [0.5, 0.6) is 0 Å². The normalized spacial score (nSPS) is 12.9. The molecule has 0 aliphatic carbocycles. The van der Waals surface area contributed by atoms with Gasteiger partial charge in [0.2, 0.25) is 0 Å². The van der Waals surface area contributed by atoms with Gasteiger partial charge >= 0.3 is 12.0 Å². The number of hydrogen-bond donors (Lipinski definition) is 3. The molecule has 0 bridgehead atoms. The van der Waals surface area contributed by atoms with Crippen molar-refractivity contribution in [2.24, 2.45) is 0 Å². The maximum absolute atomic E-state index is 11.5. The highest BCUT2D eigenvalue weighted by molar-refractivity contribution is 5.82. The Hall–Kier alpha value is -1.30. The Kier molecular flexibility index (Phi) is 7.35. The van der Waals surface area contributed by atoms with E-state index in [1.807, 2.05) is 27.7 Å². The van der Waals surface area contributed by atoms with Crippen molar-refractivity contribution in [3.05, 3.63) is 0 Å². The summed E-state index contributed by atoms with van der Waals surface area (Å²) in [5.41, 5.74) is -0.463. The third-order valence-electron chi connectivity index (χ3n) is 2.39. The predicted molar refractivity (Wildman–Crippen MR) is 68.6 cm³/mol. The zero-order chi connectivity index (χ0) is 14.2. The number of carbonyl (C=O) groups excluding carboxylic acids is 1. The zero-order valence-electron chi connectivity index (χ0n) is 11.6. The van der Waals surface area contributed by atoms with Crippen molar-refractivity contribution in [2.45, 2.75) is 52.2 Å². The van der Waals surface area contributed by atoms with Crippen LogP contribution in [-0.2, 0) is 9.53 Å². The molecule has 0 saturated carbocycles. The summed E-state index contributed by atoms with van der Waals surface area (Å²) >= 11 is 0. The molecule has 0 aliphatic heterocycles. The molecule has 6 nitrogen and oxygen atoms in total. The van der Waals surface area contributed by atoms with E-state index in [9.17, 15) is 9.59 Å². The average Bonchev–Trinajstić information content (AvgIpc) is 2.26. The van der Waals surface area contributed by atoms with Crippen molar-refractivity contribution < 1.29 is 19.4 Å². The van der Waals surface area contributed by atoms with Crippen LogP contribution in [0.15, 0.2) is 0 Å². The molecule has 0 aromatic carbocycles. The van der Waals surface area contributed by atoms with E-state index in [2.05, 4.69) is 10.6 Å². The molecule has 2 amide bonds. The van der Waals surface area contributed by atoms with Gasteiger partial charge in [0.15, 0.2) is 0 Å². The maximum atomic E-state index is 11.5. The van der Waals surface area contributed by atoms with Crippen LogP contribution in [0.1, 0.15) is 40.5 Å². The number of urea groups is 1. The summed E-state index contributed by atoms with van der Waals surface area (Å²) in [4.78, 5) is 22.4. The molecule has 0 rings (SSSR count). The molecular formula is C12H24N2O4. The van der Waals surface area contributed by atoms with Crippen LogP contribution in [0.4, 0.5) is 4.79 Å². The van der Waals surface area contributed by atoms with Gasteiger partial charge in [-0.05, 0) is 27.2 Å². The summed E-state index contributed by atoms with van der Waals surface area (Å²) in [6.07, 6.45) is 1.11. The van der Waals surface area contributed by atoms with E-state index >= 15 is 0 Å². The van der Waals surface area contributed by atoms with Crippen molar-refractivity contribution in [1.82, 2.24) is 10.6 Å². The van der Waals surface area contributed by atoms with E-state index < -0.39 is 23.6 Å². The molecule has 0 fully saturated rings. The van der Waals surface area contributed by atoms with Gasteiger partial charge in [-0.1, -0.05) is 13.3 Å². The highest BCUT2D eigenvalue weighted by atomic mass is 16.5. The lowest BCUT2D eigenvalue weighted by Crippen LogP contribution is -2.49. The van der Waals surface area contributed by atoms with Crippen molar-refractivity contribution >= 4 is 12.0 Å².